The van der Waals surface area contributed by atoms with E-state index >= 15 is 0 Å². The summed E-state index contributed by atoms with van der Waals surface area (Å²) < 4.78 is 0. The van der Waals surface area contributed by atoms with Crippen LogP contribution in [0, 0.1) is 6.92 Å². The molecule has 109 valence electrons. The SMILES string of the molecule is [CH2-]C(C)(C)[Si](C)([Si-][Si](C)(C)C(C)(C)C)C(C)(C)C. The predicted octanol–water partition coefficient (Wildman–Crippen LogP) is 5.69. The Kier molecular flexibility index (Phi) is 5.06. The molecule has 0 aliphatic rings. The summed E-state index contributed by atoms with van der Waals surface area (Å²) in [5.74, 6) is 0. The molecule has 0 N–H and O–H groups in total. The standard InChI is InChI=1S/C15H35Si3/c1-13(2,3)17(10,11)16-18(12,14(4,5)6)15(7,8)9/h4H2,1-3,5-12H3/q-2. The molecular formula is C15H35Si3-2. The molecule has 0 saturated heterocycles. The zero-order valence-corrected chi connectivity index (χ0v) is 17.7. The number of hydrogen-bond acceptors (Lipinski definition) is 0. The molecule has 0 spiro atoms. The lowest BCUT2D eigenvalue weighted by molar-refractivity contribution is 0.668. The Balaban J connectivity index is 5.58. The van der Waals surface area contributed by atoms with Crippen molar-refractivity contribution in [3.8, 4) is 0 Å². The molecule has 18 heavy (non-hydrogen) atoms. The van der Waals surface area contributed by atoms with Crippen molar-refractivity contribution in [1.29, 1.82) is 0 Å². The molecule has 0 heterocycles. The van der Waals surface area contributed by atoms with Gasteiger partial charge in [0, 0.05) is 0 Å². The van der Waals surface area contributed by atoms with Crippen molar-refractivity contribution in [2.45, 2.75) is 90.1 Å². The van der Waals surface area contributed by atoms with Crippen LogP contribution in [0.25, 0.3) is 0 Å². The molecule has 1 unspecified atom stereocenters. The Bertz CT molecular complexity index is 270. The van der Waals surface area contributed by atoms with Crippen molar-refractivity contribution in [2.24, 2.45) is 0 Å². The maximum absolute atomic E-state index is 4.57. The minimum Gasteiger partial charge on any atom is -0.426 e. The van der Waals surface area contributed by atoms with Crippen LogP contribution in [0.2, 0.25) is 34.8 Å². The molecule has 0 aliphatic heterocycles. The van der Waals surface area contributed by atoms with Crippen LogP contribution >= 0.6 is 0 Å². The van der Waals surface area contributed by atoms with E-state index in [1.54, 1.807) is 0 Å². The molecule has 0 aromatic carbocycles. The molecule has 0 amide bonds. The topological polar surface area (TPSA) is 0 Å². The molecule has 0 rings (SSSR count). The normalized spacial score (nSPS) is 18.7. The summed E-state index contributed by atoms with van der Waals surface area (Å²) in [6.07, 6.45) is 0. The molecule has 0 aliphatic carbocycles. The van der Waals surface area contributed by atoms with Gasteiger partial charge in [0.15, 0.2) is 0 Å². The van der Waals surface area contributed by atoms with Crippen LogP contribution in [0.3, 0.4) is 0 Å². The molecule has 1 radical (unpaired) electrons. The Hall–Kier alpha value is 0.651. The minimum atomic E-state index is -1.42. The fourth-order valence-corrected chi connectivity index (χ4v) is 34.6. The quantitative estimate of drug-likeness (QED) is 0.464. The molecule has 3 heteroatoms. The van der Waals surface area contributed by atoms with Gasteiger partial charge in [-0.3, -0.25) is 0 Å². The molecule has 0 fully saturated rings. The summed E-state index contributed by atoms with van der Waals surface area (Å²) in [6.45, 7) is 31.8. The van der Waals surface area contributed by atoms with E-state index in [0.717, 1.165) is 0 Å². The summed E-state index contributed by atoms with van der Waals surface area (Å²) in [4.78, 5) is 0. The van der Waals surface area contributed by atoms with Gasteiger partial charge >= 0.3 is 0 Å². The average Bonchev–Trinajstić information content (AvgIpc) is 1.95. The van der Waals surface area contributed by atoms with Crippen LogP contribution in [0.4, 0.5) is 0 Å². The van der Waals surface area contributed by atoms with Gasteiger partial charge in [0.05, 0.1) is 0 Å². The third-order valence-electron chi connectivity index (χ3n) is 5.29. The van der Waals surface area contributed by atoms with E-state index in [1.165, 1.54) is 8.55 Å². The summed E-state index contributed by atoms with van der Waals surface area (Å²) >= 11 is 0. The van der Waals surface area contributed by atoms with Crippen LogP contribution in [-0.4, -0.2) is 23.7 Å². The first-order valence-corrected chi connectivity index (χ1v) is 15.6. The maximum Gasteiger partial charge on any atom is -0.0654 e. The van der Waals surface area contributed by atoms with Crippen LogP contribution in [0.15, 0.2) is 0 Å². The highest BCUT2D eigenvalue weighted by Gasteiger charge is 2.39. The average molecular weight is 300 g/mol. The van der Waals surface area contributed by atoms with Crippen molar-refractivity contribution in [1.82, 2.24) is 0 Å². The molecule has 0 aromatic rings. The van der Waals surface area contributed by atoms with Gasteiger partial charge in [0.25, 0.3) is 0 Å². The highest BCUT2D eigenvalue weighted by molar-refractivity contribution is 7.54. The summed E-state index contributed by atoms with van der Waals surface area (Å²) in [6, 6.07) is 0. The van der Waals surface area contributed by atoms with Gasteiger partial charge in [-0.05, 0) is 0 Å². The highest BCUT2D eigenvalue weighted by Crippen LogP contribution is 2.52. The monoisotopic (exact) mass is 299 g/mol. The van der Waals surface area contributed by atoms with Crippen LogP contribution in [0.5, 0.6) is 0 Å². The lowest BCUT2D eigenvalue weighted by Crippen LogP contribution is -2.64. The third kappa shape index (κ3) is 3.60. The smallest absolute Gasteiger partial charge is 0.0654 e. The van der Waals surface area contributed by atoms with E-state index in [0.29, 0.717) is 10.1 Å². The van der Waals surface area contributed by atoms with Crippen molar-refractivity contribution in [2.75, 3.05) is 0 Å². The number of rotatable bonds is 3. The first kappa shape index (κ1) is 18.7. The van der Waals surface area contributed by atoms with Crippen molar-refractivity contribution in [3.05, 3.63) is 6.92 Å². The number of hydrogen-bond donors (Lipinski definition) is 0. The summed E-state index contributed by atoms with van der Waals surface area (Å²) in [7, 11) is -1.46. The van der Waals surface area contributed by atoms with E-state index in [9.17, 15) is 0 Å². The molecule has 0 nitrogen and oxygen atoms in total. The van der Waals surface area contributed by atoms with Gasteiger partial charge in [-0.25, -0.2) is 0 Å². The highest BCUT2D eigenvalue weighted by atomic mass is 29.6. The predicted molar refractivity (Wildman–Crippen MR) is 93.7 cm³/mol. The van der Waals surface area contributed by atoms with Gasteiger partial charge in [-0.1, -0.05) is 78.6 Å². The molecule has 0 saturated carbocycles. The van der Waals surface area contributed by atoms with Crippen molar-refractivity contribution < 1.29 is 0 Å². The Morgan fingerprint density at radius 1 is 0.722 bits per heavy atom. The molecule has 1 atom stereocenters. The third-order valence-corrected chi connectivity index (χ3v) is 35.9. The Labute approximate surface area is 121 Å². The van der Waals surface area contributed by atoms with Crippen LogP contribution in [0.1, 0.15) is 55.4 Å². The first-order chi connectivity index (χ1) is 7.46. The molecule has 0 aromatic heterocycles. The van der Waals surface area contributed by atoms with E-state index in [-0.39, 0.29) is 5.04 Å². The summed E-state index contributed by atoms with van der Waals surface area (Å²) in [5, 5.41) is 1.18. The lowest BCUT2D eigenvalue weighted by Gasteiger charge is -2.70. The second-order valence-corrected chi connectivity index (χ2v) is 29.1. The Morgan fingerprint density at radius 3 is 1.22 bits per heavy atom. The van der Waals surface area contributed by atoms with E-state index < -0.39 is 15.2 Å². The fraction of sp³-hybridized carbons (Fsp3) is 0.933. The van der Waals surface area contributed by atoms with Crippen LogP contribution < -0.4 is 0 Å². The van der Waals surface area contributed by atoms with Gasteiger partial charge < -0.3 is 15.5 Å². The summed E-state index contributed by atoms with van der Waals surface area (Å²) in [5.41, 5.74) is 0. The van der Waals surface area contributed by atoms with Crippen molar-refractivity contribution >= 4 is 23.7 Å². The van der Waals surface area contributed by atoms with Crippen LogP contribution in [-0.2, 0) is 0 Å². The van der Waals surface area contributed by atoms with Gasteiger partial charge in [0.2, 0.25) is 0 Å². The molecular weight excluding hydrogens is 264 g/mol. The van der Waals surface area contributed by atoms with E-state index in [2.05, 4.69) is 82.0 Å². The largest absolute Gasteiger partial charge is 0.426 e. The van der Waals surface area contributed by atoms with E-state index in [1.807, 2.05) is 0 Å². The minimum absolute atomic E-state index is 0.249. The maximum atomic E-state index is 4.57. The van der Waals surface area contributed by atoms with Crippen molar-refractivity contribution in [3.63, 3.8) is 0 Å². The lowest BCUT2D eigenvalue weighted by atomic mass is 10.2. The van der Waals surface area contributed by atoms with Gasteiger partial charge in [0.1, 0.15) is 0 Å². The van der Waals surface area contributed by atoms with Gasteiger partial charge in [-0.15, -0.1) is 14.1 Å². The first-order valence-electron chi connectivity index (χ1n) is 7.10. The van der Waals surface area contributed by atoms with Gasteiger partial charge in [-0.2, -0.15) is 12.6 Å². The zero-order chi connectivity index (χ0) is 15.2. The second kappa shape index (κ2) is 4.88. The fourth-order valence-electron chi connectivity index (χ4n) is 2.18. The second-order valence-electron chi connectivity index (χ2n) is 9.26. The van der Waals surface area contributed by atoms with E-state index in [4.69, 9.17) is 0 Å². The molecule has 0 bridgehead atoms. The Morgan fingerprint density at radius 2 is 1.06 bits per heavy atom. The zero-order valence-electron chi connectivity index (χ0n) is 14.7.